The van der Waals surface area contributed by atoms with Gasteiger partial charge in [0.05, 0.1) is 0 Å². The summed E-state index contributed by atoms with van der Waals surface area (Å²) in [6.07, 6.45) is 5.05. The van der Waals surface area contributed by atoms with Crippen LogP contribution in [0.2, 0.25) is 0 Å². The zero-order valence-electron chi connectivity index (χ0n) is 11.0. The molecule has 0 bridgehead atoms. The summed E-state index contributed by atoms with van der Waals surface area (Å²) in [5, 5.41) is 3.64. The third-order valence-electron chi connectivity index (χ3n) is 3.17. The summed E-state index contributed by atoms with van der Waals surface area (Å²) in [4.78, 5) is 2.60. The fraction of sp³-hybridized carbons (Fsp3) is 1.00. The van der Waals surface area contributed by atoms with Gasteiger partial charge < -0.3 is 15.0 Å². The van der Waals surface area contributed by atoms with Crippen LogP contribution in [0.1, 0.15) is 39.5 Å². The first-order valence-electron chi connectivity index (χ1n) is 6.90. The Labute approximate surface area is 101 Å². The molecule has 96 valence electrons. The number of nitrogens with one attached hydrogen (secondary N) is 1. The molecule has 0 aromatic carbocycles. The van der Waals surface area contributed by atoms with Crippen molar-refractivity contribution in [3.8, 4) is 0 Å². The Bertz CT molecular complexity index is 164. The largest absolute Gasteiger partial charge is 0.382 e. The average Bonchev–Trinajstić information content (AvgIpc) is 2.51. The zero-order chi connectivity index (χ0) is 11.6. The van der Waals surface area contributed by atoms with Crippen LogP contribution in [0, 0.1) is 0 Å². The fourth-order valence-electron chi connectivity index (χ4n) is 2.36. The molecule has 0 spiro atoms. The molecule has 1 heterocycles. The van der Waals surface area contributed by atoms with E-state index in [1.54, 1.807) is 0 Å². The fourth-order valence-corrected chi connectivity index (χ4v) is 2.36. The molecule has 1 fully saturated rings. The first kappa shape index (κ1) is 13.9. The maximum atomic E-state index is 5.39. The number of ether oxygens (including phenoxy) is 1. The van der Waals surface area contributed by atoms with E-state index in [-0.39, 0.29) is 0 Å². The highest BCUT2D eigenvalue weighted by Crippen LogP contribution is 2.06. The summed E-state index contributed by atoms with van der Waals surface area (Å²) < 4.78 is 5.39. The van der Waals surface area contributed by atoms with E-state index in [2.05, 4.69) is 24.1 Å². The second-order valence-electron chi connectivity index (χ2n) is 4.64. The lowest BCUT2D eigenvalue weighted by molar-refractivity contribution is 0.131. The van der Waals surface area contributed by atoms with Gasteiger partial charge in [-0.15, -0.1) is 0 Å². The summed E-state index contributed by atoms with van der Waals surface area (Å²) in [5.74, 6) is 0. The highest BCUT2D eigenvalue weighted by molar-refractivity contribution is 4.76. The van der Waals surface area contributed by atoms with E-state index in [1.165, 1.54) is 51.9 Å². The van der Waals surface area contributed by atoms with E-state index in [1.807, 2.05) is 0 Å². The molecule has 3 heteroatoms. The third kappa shape index (κ3) is 5.83. The van der Waals surface area contributed by atoms with Crippen molar-refractivity contribution in [3.05, 3.63) is 0 Å². The van der Waals surface area contributed by atoms with Crippen molar-refractivity contribution >= 4 is 0 Å². The van der Waals surface area contributed by atoms with E-state index >= 15 is 0 Å². The predicted octanol–water partition coefficient (Wildman–Crippen LogP) is 1.88. The Kier molecular flexibility index (Phi) is 7.81. The molecular weight excluding hydrogens is 200 g/mol. The van der Waals surface area contributed by atoms with Gasteiger partial charge in [0.25, 0.3) is 0 Å². The van der Waals surface area contributed by atoms with Crippen molar-refractivity contribution < 1.29 is 4.74 Å². The van der Waals surface area contributed by atoms with E-state index < -0.39 is 0 Å². The lowest BCUT2D eigenvalue weighted by atomic mass is 10.1. The minimum atomic E-state index is 0.708. The highest BCUT2D eigenvalue weighted by Gasteiger charge is 2.16. The van der Waals surface area contributed by atoms with Gasteiger partial charge in [0.15, 0.2) is 0 Å². The Balaban J connectivity index is 2.17. The van der Waals surface area contributed by atoms with Crippen LogP contribution in [0.4, 0.5) is 0 Å². The molecular formula is C13H28N2O. The number of hydrogen-bond acceptors (Lipinski definition) is 3. The summed E-state index contributed by atoms with van der Waals surface area (Å²) in [6.45, 7) is 11.0. The van der Waals surface area contributed by atoms with Gasteiger partial charge in [0, 0.05) is 32.3 Å². The molecule has 1 aliphatic heterocycles. The van der Waals surface area contributed by atoms with Crippen molar-refractivity contribution in [1.82, 2.24) is 10.2 Å². The summed E-state index contributed by atoms with van der Waals surface area (Å²) in [7, 11) is 0. The number of rotatable bonds is 7. The van der Waals surface area contributed by atoms with Gasteiger partial charge in [0.1, 0.15) is 0 Å². The van der Waals surface area contributed by atoms with Crippen molar-refractivity contribution in [3.63, 3.8) is 0 Å². The Morgan fingerprint density at radius 2 is 2.25 bits per heavy atom. The van der Waals surface area contributed by atoms with E-state index in [0.29, 0.717) is 6.04 Å². The maximum absolute atomic E-state index is 5.39. The van der Waals surface area contributed by atoms with Crippen LogP contribution in [0.25, 0.3) is 0 Å². The smallest absolute Gasteiger partial charge is 0.0478 e. The first-order chi connectivity index (χ1) is 7.86. The maximum Gasteiger partial charge on any atom is 0.0478 e. The normalized spacial score (nSPS) is 23.2. The molecule has 1 unspecified atom stereocenters. The Morgan fingerprint density at radius 1 is 1.38 bits per heavy atom. The Hall–Kier alpha value is -0.120. The van der Waals surface area contributed by atoms with Gasteiger partial charge in [-0.2, -0.15) is 0 Å². The molecule has 16 heavy (non-hydrogen) atoms. The van der Waals surface area contributed by atoms with Crippen LogP contribution >= 0.6 is 0 Å². The molecule has 1 atom stereocenters. The van der Waals surface area contributed by atoms with Gasteiger partial charge in [0.2, 0.25) is 0 Å². The summed E-state index contributed by atoms with van der Waals surface area (Å²) in [6, 6.07) is 0.708. The molecule has 0 amide bonds. The minimum absolute atomic E-state index is 0.708. The lowest BCUT2D eigenvalue weighted by Crippen LogP contribution is -2.38. The molecule has 1 N–H and O–H groups in total. The van der Waals surface area contributed by atoms with Gasteiger partial charge in [-0.1, -0.05) is 13.3 Å². The van der Waals surface area contributed by atoms with Crippen LogP contribution in [0.5, 0.6) is 0 Å². The molecule has 0 aromatic heterocycles. The van der Waals surface area contributed by atoms with Crippen LogP contribution in [-0.2, 0) is 4.74 Å². The lowest BCUT2D eigenvalue weighted by Gasteiger charge is -2.24. The van der Waals surface area contributed by atoms with Crippen molar-refractivity contribution in [2.24, 2.45) is 0 Å². The van der Waals surface area contributed by atoms with Gasteiger partial charge in [-0.25, -0.2) is 0 Å². The summed E-state index contributed by atoms with van der Waals surface area (Å²) >= 11 is 0. The molecule has 3 nitrogen and oxygen atoms in total. The SMILES string of the molecule is CCCC1CN(CCCOCC)CCCN1. The predicted molar refractivity (Wildman–Crippen MR) is 68.9 cm³/mol. The molecule has 0 aromatic rings. The van der Waals surface area contributed by atoms with Crippen LogP contribution in [0.15, 0.2) is 0 Å². The average molecular weight is 228 g/mol. The first-order valence-corrected chi connectivity index (χ1v) is 6.90. The number of nitrogens with zero attached hydrogens (tertiary/aromatic N) is 1. The van der Waals surface area contributed by atoms with Crippen LogP contribution in [-0.4, -0.2) is 50.3 Å². The molecule has 1 aliphatic rings. The van der Waals surface area contributed by atoms with Gasteiger partial charge in [-0.05, 0) is 39.3 Å². The Morgan fingerprint density at radius 3 is 3.00 bits per heavy atom. The van der Waals surface area contributed by atoms with Crippen molar-refractivity contribution in [2.75, 3.05) is 39.4 Å². The molecule has 0 radical (unpaired) electrons. The highest BCUT2D eigenvalue weighted by atomic mass is 16.5. The summed E-state index contributed by atoms with van der Waals surface area (Å²) in [5.41, 5.74) is 0. The second-order valence-corrected chi connectivity index (χ2v) is 4.64. The van der Waals surface area contributed by atoms with E-state index in [9.17, 15) is 0 Å². The monoisotopic (exact) mass is 228 g/mol. The quantitative estimate of drug-likeness (QED) is 0.673. The van der Waals surface area contributed by atoms with Gasteiger partial charge >= 0.3 is 0 Å². The van der Waals surface area contributed by atoms with Crippen LogP contribution in [0.3, 0.4) is 0 Å². The molecule has 1 rings (SSSR count). The van der Waals surface area contributed by atoms with E-state index in [4.69, 9.17) is 4.74 Å². The topological polar surface area (TPSA) is 24.5 Å². The second kappa shape index (κ2) is 8.97. The minimum Gasteiger partial charge on any atom is -0.382 e. The molecule has 1 saturated heterocycles. The third-order valence-corrected chi connectivity index (χ3v) is 3.17. The van der Waals surface area contributed by atoms with Gasteiger partial charge in [-0.3, -0.25) is 0 Å². The zero-order valence-corrected chi connectivity index (χ0v) is 11.0. The van der Waals surface area contributed by atoms with Crippen molar-refractivity contribution in [1.29, 1.82) is 0 Å². The molecule has 0 saturated carbocycles. The number of hydrogen-bond donors (Lipinski definition) is 1. The van der Waals surface area contributed by atoms with Crippen molar-refractivity contribution in [2.45, 2.75) is 45.6 Å². The van der Waals surface area contributed by atoms with E-state index in [0.717, 1.165) is 13.2 Å². The molecule has 0 aliphatic carbocycles. The van der Waals surface area contributed by atoms with Crippen LogP contribution < -0.4 is 5.32 Å². The standard InChI is InChI=1S/C13H28N2O/c1-3-7-13-12-15(9-5-8-14-13)10-6-11-16-4-2/h13-14H,3-12H2,1-2H3.